The van der Waals surface area contributed by atoms with Gasteiger partial charge in [0.2, 0.25) is 0 Å². The molecule has 1 unspecified atom stereocenters. The molecule has 0 spiro atoms. The zero-order valence-electron chi connectivity index (χ0n) is 10.9. The Kier molecular flexibility index (Phi) is 4.71. The first-order valence-electron chi connectivity index (χ1n) is 6.10. The zero-order valence-corrected chi connectivity index (χ0v) is 11.7. The van der Waals surface area contributed by atoms with E-state index in [-0.39, 0.29) is 6.04 Å². The Morgan fingerprint density at radius 2 is 2.16 bits per heavy atom. The molecular formula is C14H16ClN3O. The smallest absolute Gasteiger partial charge is 0.142 e. The first-order chi connectivity index (χ1) is 9.26. The molecule has 100 valence electrons. The Labute approximate surface area is 117 Å². The minimum atomic E-state index is -0.113. The number of methoxy groups -OCH3 is 1. The fourth-order valence-corrected chi connectivity index (χ4v) is 2.01. The van der Waals surface area contributed by atoms with Gasteiger partial charge in [-0.05, 0) is 30.8 Å². The van der Waals surface area contributed by atoms with Gasteiger partial charge in [-0.3, -0.25) is 9.97 Å². The third-order valence-corrected chi connectivity index (χ3v) is 2.97. The van der Waals surface area contributed by atoms with Crippen LogP contribution in [0.5, 0.6) is 5.75 Å². The number of pyridine rings is 2. The molecule has 0 aromatic carbocycles. The van der Waals surface area contributed by atoms with E-state index in [4.69, 9.17) is 16.3 Å². The summed E-state index contributed by atoms with van der Waals surface area (Å²) in [7, 11) is 1.64. The molecule has 2 rings (SSSR count). The van der Waals surface area contributed by atoms with Gasteiger partial charge in [0, 0.05) is 12.4 Å². The molecular weight excluding hydrogens is 262 g/mol. The van der Waals surface area contributed by atoms with Gasteiger partial charge >= 0.3 is 0 Å². The molecule has 0 aliphatic carbocycles. The van der Waals surface area contributed by atoms with Gasteiger partial charge < -0.3 is 10.1 Å². The highest BCUT2D eigenvalue weighted by Crippen LogP contribution is 2.27. The van der Waals surface area contributed by atoms with E-state index in [1.54, 1.807) is 19.5 Å². The van der Waals surface area contributed by atoms with Crippen LogP contribution >= 0.6 is 11.6 Å². The van der Waals surface area contributed by atoms with Crippen molar-refractivity contribution in [1.82, 2.24) is 15.3 Å². The second-order valence-corrected chi connectivity index (χ2v) is 4.42. The third-order valence-electron chi connectivity index (χ3n) is 2.75. The number of ether oxygens (including phenoxy) is 1. The molecule has 19 heavy (non-hydrogen) atoms. The van der Waals surface area contributed by atoms with Gasteiger partial charge in [0.05, 0.1) is 23.9 Å². The lowest BCUT2D eigenvalue weighted by atomic mass is 10.1. The lowest BCUT2D eigenvalue weighted by molar-refractivity contribution is 0.399. The number of aromatic nitrogens is 2. The van der Waals surface area contributed by atoms with Crippen molar-refractivity contribution < 1.29 is 4.74 Å². The highest BCUT2D eigenvalue weighted by atomic mass is 35.5. The van der Waals surface area contributed by atoms with Crippen LogP contribution in [0, 0.1) is 0 Å². The second kappa shape index (κ2) is 6.50. The molecule has 5 heteroatoms. The predicted molar refractivity (Wildman–Crippen MR) is 75.6 cm³/mol. The number of hydrogen-bond donors (Lipinski definition) is 1. The maximum absolute atomic E-state index is 5.87. The minimum Gasteiger partial charge on any atom is -0.495 e. The Morgan fingerprint density at radius 1 is 1.32 bits per heavy atom. The summed E-state index contributed by atoms with van der Waals surface area (Å²) in [4.78, 5) is 8.77. The average molecular weight is 278 g/mol. The molecule has 1 N–H and O–H groups in total. The van der Waals surface area contributed by atoms with E-state index in [0.29, 0.717) is 5.02 Å². The van der Waals surface area contributed by atoms with Crippen molar-refractivity contribution in [2.45, 2.75) is 13.0 Å². The van der Waals surface area contributed by atoms with E-state index in [0.717, 1.165) is 23.7 Å². The summed E-state index contributed by atoms with van der Waals surface area (Å²) in [6.07, 6.45) is 3.38. The van der Waals surface area contributed by atoms with Crippen molar-refractivity contribution in [2.24, 2.45) is 0 Å². The third kappa shape index (κ3) is 3.22. The molecule has 2 aromatic heterocycles. The second-order valence-electron chi connectivity index (χ2n) is 3.98. The van der Waals surface area contributed by atoms with E-state index in [1.165, 1.54) is 0 Å². The van der Waals surface area contributed by atoms with Crippen LogP contribution in [0.3, 0.4) is 0 Å². The summed E-state index contributed by atoms with van der Waals surface area (Å²) in [5.74, 6) is 0.741. The molecule has 0 aliphatic heterocycles. The summed E-state index contributed by atoms with van der Waals surface area (Å²) in [6.45, 7) is 2.84. The van der Waals surface area contributed by atoms with Crippen molar-refractivity contribution in [1.29, 1.82) is 0 Å². The lowest BCUT2D eigenvalue weighted by Gasteiger charge is -2.19. The average Bonchev–Trinajstić information content (AvgIpc) is 2.46. The molecule has 2 aromatic rings. The maximum atomic E-state index is 5.87. The van der Waals surface area contributed by atoms with Crippen LogP contribution in [0.4, 0.5) is 0 Å². The summed E-state index contributed by atoms with van der Waals surface area (Å²) in [5, 5.41) is 3.98. The number of rotatable bonds is 5. The molecule has 1 atom stereocenters. The minimum absolute atomic E-state index is 0.113. The normalized spacial score (nSPS) is 12.2. The van der Waals surface area contributed by atoms with Gasteiger partial charge in [-0.1, -0.05) is 18.5 Å². The van der Waals surface area contributed by atoms with Crippen LogP contribution in [0.1, 0.15) is 24.4 Å². The Balaban J connectivity index is 2.42. The zero-order chi connectivity index (χ0) is 13.7. The van der Waals surface area contributed by atoms with Crippen molar-refractivity contribution in [3.8, 4) is 5.75 Å². The Hall–Kier alpha value is -1.65. The Morgan fingerprint density at radius 3 is 2.79 bits per heavy atom. The summed E-state index contributed by atoms with van der Waals surface area (Å²) >= 11 is 5.87. The quantitative estimate of drug-likeness (QED) is 0.913. The number of hydrogen-bond acceptors (Lipinski definition) is 4. The molecule has 2 heterocycles. The number of halogens is 1. The standard InChI is InChI=1S/C14H16ClN3O/c1-3-16-13(11-7-6-10(15)9-18-11)14-12(19-2)5-4-8-17-14/h4-9,13,16H,3H2,1-2H3. The molecule has 0 bridgehead atoms. The highest BCUT2D eigenvalue weighted by molar-refractivity contribution is 6.30. The van der Waals surface area contributed by atoms with Crippen molar-refractivity contribution in [2.75, 3.05) is 13.7 Å². The molecule has 0 radical (unpaired) electrons. The van der Waals surface area contributed by atoms with Crippen LogP contribution < -0.4 is 10.1 Å². The molecule has 0 fully saturated rings. The van der Waals surface area contributed by atoms with E-state index < -0.39 is 0 Å². The van der Waals surface area contributed by atoms with Crippen LogP contribution in [-0.4, -0.2) is 23.6 Å². The molecule has 0 amide bonds. The van der Waals surface area contributed by atoms with Gasteiger partial charge in [-0.15, -0.1) is 0 Å². The topological polar surface area (TPSA) is 47.0 Å². The van der Waals surface area contributed by atoms with Gasteiger partial charge in [0.1, 0.15) is 11.4 Å². The van der Waals surface area contributed by atoms with Crippen LogP contribution in [0.2, 0.25) is 5.02 Å². The van der Waals surface area contributed by atoms with Gasteiger partial charge in [0.25, 0.3) is 0 Å². The first kappa shape index (κ1) is 13.8. The van der Waals surface area contributed by atoms with E-state index in [2.05, 4.69) is 15.3 Å². The van der Waals surface area contributed by atoms with E-state index in [9.17, 15) is 0 Å². The van der Waals surface area contributed by atoms with E-state index in [1.807, 2.05) is 31.2 Å². The number of nitrogens with one attached hydrogen (secondary N) is 1. The van der Waals surface area contributed by atoms with Gasteiger partial charge in [0.15, 0.2) is 0 Å². The summed E-state index contributed by atoms with van der Waals surface area (Å²) < 4.78 is 5.36. The SMILES string of the molecule is CCNC(c1ccc(Cl)cn1)c1ncccc1OC. The van der Waals surface area contributed by atoms with Crippen LogP contribution in [-0.2, 0) is 0 Å². The van der Waals surface area contributed by atoms with Gasteiger partial charge in [-0.25, -0.2) is 0 Å². The predicted octanol–water partition coefficient (Wildman–Crippen LogP) is 2.84. The number of nitrogens with zero attached hydrogens (tertiary/aromatic N) is 2. The monoisotopic (exact) mass is 277 g/mol. The molecule has 4 nitrogen and oxygen atoms in total. The van der Waals surface area contributed by atoms with Crippen molar-refractivity contribution in [3.63, 3.8) is 0 Å². The van der Waals surface area contributed by atoms with Crippen LogP contribution in [0.15, 0.2) is 36.7 Å². The summed E-state index contributed by atoms with van der Waals surface area (Å²) in [6, 6.07) is 7.34. The highest BCUT2D eigenvalue weighted by Gasteiger charge is 2.19. The molecule has 0 aliphatic rings. The maximum Gasteiger partial charge on any atom is 0.142 e. The van der Waals surface area contributed by atoms with Crippen molar-refractivity contribution >= 4 is 11.6 Å². The molecule has 0 saturated carbocycles. The first-order valence-corrected chi connectivity index (χ1v) is 6.47. The van der Waals surface area contributed by atoms with Crippen molar-refractivity contribution in [3.05, 3.63) is 53.1 Å². The van der Waals surface area contributed by atoms with E-state index >= 15 is 0 Å². The molecule has 0 saturated heterocycles. The Bertz CT molecular complexity index is 530. The summed E-state index contributed by atoms with van der Waals surface area (Å²) in [5.41, 5.74) is 1.69. The lowest BCUT2D eigenvalue weighted by Crippen LogP contribution is -2.24. The largest absolute Gasteiger partial charge is 0.495 e. The van der Waals surface area contributed by atoms with Gasteiger partial charge in [-0.2, -0.15) is 0 Å². The fourth-order valence-electron chi connectivity index (χ4n) is 1.90. The van der Waals surface area contributed by atoms with Crippen LogP contribution in [0.25, 0.3) is 0 Å². The fraction of sp³-hybridized carbons (Fsp3) is 0.286.